The average molecular weight is 325 g/mol. The van der Waals surface area contributed by atoms with Crippen LogP contribution in [0.15, 0.2) is 12.1 Å². The molecule has 2 heterocycles. The molecule has 0 radical (unpaired) electrons. The van der Waals surface area contributed by atoms with Gasteiger partial charge in [0.15, 0.2) is 23.4 Å². The number of phenols is 1. The highest BCUT2D eigenvalue weighted by molar-refractivity contribution is 5.89. The molecule has 6 rings (SSSR count). The quantitative estimate of drug-likeness (QED) is 0.907. The van der Waals surface area contributed by atoms with Crippen LogP contribution in [0.3, 0.4) is 0 Å². The van der Waals surface area contributed by atoms with E-state index in [2.05, 4.69) is 11.0 Å². The van der Waals surface area contributed by atoms with E-state index < -0.39 is 0 Å². The molecule has 3 unspecified atom stereocenters. The third kappa shape index (κ3) is 1.52. The van der Waals surface area contributed by atoms with Crippen LogP contribution in [0.5, 0.6) is 11.5 Å². The molecule has 2 bridgehead atoms. The molecule has 1 aromatic rings. The molecular weight excluding hydrogens is 302 g/mol. The van der Waals surface area contributed by atoms with Gasteiger partial charge in [-0.25, -0.2) is 0 Å². The van der Waals surface area contributed by atoms with E-state index in [1.54, 1.807) is 6.07 Å². The maximum Gasteiger partial charge on any atom is 0.174 e. The van der Waals surface area contributed by atoms with Gasteiger partial charge in [-0.15, -0.1) is 0 Å². The third-order valence-electron chi connectivity index (χ3n) is 7.41. The van der Waals surface area contributed by atoms with Gasteiger partial charge < -0.3 is 9.84 Å². The van der Waals surface area contributed by atoms with Crippen LogP contribution in [0.2, 0.25) is 0 Å². The number of aromatic hydroxyl groups is 1. The molecule has 126 valence electrons. The molecule has 3 aliphatic carbocycles. The van der Waals surface area contributed by atoms with Crippen molar-refractivity contribution >= 4 is 5.78 Å². The maximum atomic E-state index is 12.7. The maximum absolute atomic E-state index is 12.7. The number of phenolic OH excluding ortho intramolecular Hbond substituents is 1. The molecule has 4 nitrogen and oxygen atoms in total. The number of carbonyl (C=O) groups is 1. The Balaban J connectivity index is 1.53. The minimum absolute atomic E-state index is 0.165. The van der Waals surface area contributed by atoms with Gasteiger partial charge in [0.2, 0.25) is 0 Å². The lowest BCUT2D eigenvalue weighted by Crippen LogP contribution is -2.66. The minimum Gasteiger partial charge on any atom is -0.504 e. The van der Waals surface area contributed by atoms with Crippen LogP contribution < -0.4 is 4.74 Å². The summed E-state index contributed by atoms with van der Waals surface area (Å²) in [6.45, 7) is 2.30. The lowest BCUT2D eigenvalue weighted by molar-refractivity contribution is -0.138. The second kappa shape index (κ2) is 4.34. The largest absolute Gasteiger partial charge is 0.504 e. The van der Waals surface area contributed by atoms with E-state index in [9.17, 15) is 9.90 Å². The SMILES string of the molecule is O=C1CCC2C3Cc4ccc(O)c5c4[C@]2(CCN3CC2CC2)C1O5. The van der Waals surface area contributed by atoms with Gasteiger partial charge in [-0.3, -0.25) is 9.69 Å². The summed E-state index contributed by atoms with van der Waals surface area (Å²) in [7, 11) is 0. The molecular formula is C20H23NO3. The van der Waals surface area contributed by atoms with Gasteiger partial charge in [-0.05, 0) is 62.1 Å². The first-order valence-corrected chi connectivity index (χ1v) is 9.47. The number of carbonyl (C=O) groups excluding carboxylic acids is 1. The normalized spacial score (nSPS) is 39.5. The molecule has 4 heteroatoms. The summed E-state index contributed by atoms with van der Waals surface area (Å²) in [4.78, 5) is 15.4. The van der Waals surface area contributed by atoms with Crippen molar-refractivity contribution in [2.24, 2.45) is 11.8 Å². The van der Waals surface area contributed by atoms with Crippen molar-refractivity contribution in [1.29, 1.82) is 0 Å². The molecule has 1 spiro atoms. The van der Waals surface area contributed by atoms with E-state index in [4.69, 9.17) is 4.74 Å². The van der Waals surface area contributed by atoms with E-state index in [-0.39, 0.29) is 23.1 Å². The molecule has 2 saturated carbocycles. The fourth-order valence-corrected chi connectivity index (χ4v) is 6.27. The molecule has 0 amide bonds. The second-order valence-corrected chi connectivity index (χ2v) is 8.56. The first-order chi connectivity index (χ1) is 11.7. The number of Topliss-reactive ketones (excluding diaryl/α,β-unsaturated/α-hetero) is 1. The van der Waals surface area contributed by atoms with Gasteiger partial charge >= 0.3 is 0 Å². The van der Waals surface area contributed by atoms with Crippen LogP contribution in [-0.2, 0) is 16.6 Å². The molecule has 1 N–H and O–H groups in total. The van der Waals surface area contributed by atoms with E-state index in [1.807, 2.05) is 0 Å². The van der Waals surface area contributed by atoms with E-state index in [0.29, 0.717) is 24.1 Å². The number of ether oxygens (including phenoxy) is 1. The van der Waals surface area contributed by atoms with E-state index in [1.165, 1.54) is 30.5 Å². The standard InChI is InChI=1S/C20H23NO3/c22-15-5-3-12-9-14-13-4-6-16(23)19-20(13,17(12)18(15)24-19)7-8-21(14)10-11-1-2-11/h3,5,11,13-14,19,22H,1-2,4,6-10H2/t13?,14?,19?,20-/m1/s1. The van der Waals surface area contributed by atoms with Crippen molar-refractivity contribution in [2.45, 2.75) is 56.1 Å². The molecule has 1 saturated heterocycles. The van der Waals surface area contributed by atoms with Crippen molar-refractivity contribution in [3.63, 3.8) is 0 Å². The molecule has 2 aliphatic heterocycles. The minimum atomic E-state index is -0.357. The smallest absolute Gasteiger partial charge is 0.174 e. The summed E-state index contributed by atoms with van der Waals surface area (Å²) in [6, 6.07) is 4.37. The Kier molecular flexibility index (Phi) is 2.48. The Morgan fingerprint density at radius 1 is 1.29 bits per heavy atom. The zero-order valence-electron chi connectivity index (χ0n) is 13.8. The lowest BCUT2D eigenvalue weighted by atomic mass is 9.51. The highest BCUT2D eigenvalue weighted by Crippen LogP contribution is 2.63. The van der Waals surface area contributed by atoms with E-state index >= 15 is 0 Å². The highest BCUT2D eigenvalue weighted by atomic mass is 16.5. The first kappa shape index (κ1) is 13.7. The van der Waals surface area contributed by atoms with Gasteiger partial charge in [0, 0.05) is 30.0 Å². The third-order valence-corrected chi connectivity index (χ3v) is 7.41. The van der Waals surface area contributed by atoms with Crippen LogP contribution >= 0.6 is 0 Å². The number of rotatable bonds is 2. The average Bonchev–Trinajstić information content (AvgIpc) is 3.32. The first-order valence-electron chi connectivity index (χ1n) is 9.47. The zero-order chi connectivity index (χ0) is 16.1. The van der Waals surface area contributed by atoms with E-state index in [0.717, 1.165) is 31.7 Å². The predicted octanol–water partition coefficient (Wildman–Crippen LogP) is 2.41. The van der Waals surface area contributed by atoms with Crippen LogP contribution in [0.25, 0.3) is 0 Å². The molecule has 4 atom stereocenters. The van der Waals surface area contributed by atoms with Crippen molar-refractivity contribution in [3.8, 4) is 11.5 Å². The number of nitrogens with zero attached hydrogens (tertiary/aromatic N) is 1. The highest BCUT2D eigenvalue weighted by Gasteiger charge is 2.65. The van der Waals surface area contributed by atoms with Gasteiger partial charge in [-0.2, -0.15) is 0 Å². The number of hydrogen-bond donors (Lipinski definition) is 1. The Morgan fingerprint density at radius 3 is 3.00 bits per heavy atom. The van der Waals surface area contributed by atoms with Gasteiger partial charge in [0.1, 0.15) is 0 Å². The fourth-order valence-electron chi connectivity index (χ4n) is 6.27. The van der Waals surface area contributed by atoms with Crippen LogP contribution in [0.4, 0.5) is 0 Å². The summed E-state index contributed by atoms with van der Waals surface area (Å²) in [5.41, 5.74) is 2.33. The molecule has 24 heavy (non-hydrogen) atoms. The molecule has 0 aromatic heterocycles. The molecule has 5 aliphatic rings. The number of benzene rings is 1. The Bertz CT molecular complexity index is 755. The number of piperidine rings is 1. The fraction of sp³-hybridized carbons (Fsp3) is 0.650. The summed E-state index contributed by atoms with van der Waals surface area (Å²) >= 11 is 0. The Morgan fingerprint density at radius 2 is 2.17 bits per heavy atom. The van der Waals surface area contributed by atoms with Crippen LogP contribution in [-0.4, -0.2) is 41.0 Å². The number of hydrogen-bond acceptors (Lipinski definition) is 4. The molecule has 3 fully saturated rings. The summed E-state index contributed by atoms with van der Waals surface area (Å²) in [5.74, 6) is 2.47. The van der Waals surface area contributed by atoms with Crippen LogP contribution in [0.1, 0.15) is 43.2 Å². The summed E-state index contributed by atoms with van der Waals surface area (Å²) < 4.78 is 6.13. The second-order valence-electron chi connectivity index (χ2n) is 8.56. The van der Waals surface area contributed by atoms with Crippen LogP contribution in [0, 0.1) is 11.8 Å². The lowest BCUT2D eigenvalue weighted by Gasteiger charge is -2.57. The molecule has 1 aromatic carbocycles. The van der Waals surface area contributed by atoms with Gasteiger partial charge in [-0.1, -0.05) is 6.07 Å². The Hall–Kier alpha value is -1.55. The van der Waals surface area contributed by atoms with Gasteiger partial charge in [0.25, 0.3) is 0 Å². The van der Waals surface area contributed by atoms with Crippen molar-refractivity contribution in [1.82, 2.24) is 4.90 Å². The monoisotopic (exact) mass is 325 g/mol. The van der Waals surface area contributed by atoms with Crippen molar-refractivity contribution in [3.05, 3.63) is 23.3 Å². The Labute approximate surface area is 141 Å². The summed E-state index contributed by atoms with van der Waals surface area (Å²) in [6.07, 6.45) is 6.08. The zero-order valence-corrected chi connectivity index (χ0v) is 13.8. The number of ketones is 1. The van der Waals surface area contributed by atoms with Crippen molar-refractivity contribution in [2.75, 3.05) is 13.1 Å². The van der Waals surface area contributed by atoms with Gasteiger partial charge in [0.05, 0.1) is 0 Å². The topological polar surface area (TPSA) is 49.8 Å². The summed E-state index contributed by atoms with van der Waals surface area (Å²) in [5, 5.41) is 10.3. The predicted molar refractivity (Wildman–Crippen MR) is 88.3 cm³/mol. The van der Waals surface area contributed by atoms with Crippen molar-refractivity contribution < 1.29 is 14.6 Å². The number of likely N-dealkylation sites (tertiary alicyclic amines) is 1.